The molecule has 0 aromatic carbocycles. The summed E-state index contributed by atoms with van der Waals surface area (Å²) in [5.41, 5.74) is 3.80. The van der Waals surface area contributed by atoms with Gasteiger partial charge in [-0.05, 0) is 39.4 Å². The third-order valence-corrected chi connectivity index (χ3v) is 2.62. The Balaban J connectivity index is 2.44. The number of allylic oxidation sites excluding steroid dienone is 1. The van der Waals surface area contributed by atoms with Crippen LogP contribution in [-0.2, 0) is 13.5 Å². The second kappa shape index (κ2) is 6.48. The lowest BCUT2D eigenvalue weighted by Crippen LogP contribution is -2.13. The van der Waals surface area contributed by atoms with Crippen LogP contribution in [0.4, 0.5) is 0 Å². The number of nitrogens with one attached hydrogen (secondary N) is 1. The number of hydrogen-bond donors (Lipinski definition) is 1. The van der Waals surface area contributed by atoms with Crippen LogP contribution in [0.2, 0.25) is 0 Å². The predicted molar refractivity (Wildman–Crippen MR) is 68.6 cm³/mol. The lowest BCUT2D eigenvalue weighted by atomic mass is 10.1. The summed E-state index contributed by atoms with van der Waals surface area (Å²) in [6.45, 7) is 8.48. The van der Waals surface area contributed by atoms with E-state index in [2.05, 4.69) is 36.4 Å². The average Bonchev–Trinajstić information content (AvgIpc) is 2.52. The van der Waals surface area contributed by atoms with Crippen LogP contribution in [0.1, 0.15) is 31.7 Å². The van der Waals surface area contributed by atoms with Crippen molar-refractivity contribution in [2.24, 2.45) is 7.05 Å². The summed E-state index contributed by atoms with van der Waals surface area (Å²) in [5.74, 6) is 0. The molecule has 0 atom stereocenters. The van der Waals surface area contributed by atoms with Crippen LogP contribution in [0, 0.1) is 6.92 Å². The fourth-order valence-electron chi connectivity index (χ4n) is 1.78. The highest BCUT2D eigenvalue weighted by Gasteiger charge is 2.02. The second-order valence-electron chi connectivity index (χ2n) is 4.27. The molecule has 0 saturated heterocycles. The molecular formula is C13H23N3. The van der Waals surface area contributed by atoms with Crippen LogP contribution in [0.5, 0.6) is 0 Å². The molecule has 0 bridgehead atoms. The van der Waals surface area contributed by atoms with Crippen molar-refractivity contribution >= 4 is 0 Å². The molecule has 0 spiro atoms. The molecule has 0 fully saturated rings. The van der Waals surface area contributed by atoms with Crippen molar-refractivity contribution in [2.45, 2.75) is 33.6 Å². The Morgan fingerprint density at radius 3 is 2.88 bits per heavy atom. The van der Waals surface area contributed by atoms with Crippen molar-refractivity contribution in [3.8, 4) is 0 Å². The summed E-state index contributed by atoms with van der Waals surface area (Å²) in [7, 11) is 2.01. The van der Waals surface area contributed by atoms with Gasteiger partial charge in [0.2, 0.25) is 0 Å². The van der Waals surface area contributed by atoms with Crippen molar-refractivity contribution in [2.75, 3.05) is 13.1 Å². The summed E-state index contributed by atoms with van der Waals surface area (Å²) in [6.07, 6.45) is 4.42. The topological polar surface area (TPSA) is 29.9 Å². The van der Waals surface area contributed by atoms with E-state index in [1.54, 1.807) is 0 Å². The number of nitrogens with zero attached hydrogens (tertiary/aromatic N) is 2. The highest BCUT2D eigenvalue weighted by atomic mass is 15.3. The van der Waals surface area contributed by atoms with Gasteiger partial charge in [-0.2, -0.15) is 5.10 Å². The van der Waals surface area contributed by atoms with E-state index in [0.717, 1.165) is 31.6 Å². The Morgan fingerprint density at radius 1 is 1.56 bits per heavy atom. The zero-order valence-corrected chi connectivity index (χ0v) is 10.9. The Bertz CT molecular complexity index is 350. The second-order valence-corrected chi connectivity index (χ2v) is 4.27. The van der Waals surface area contributed by atoms with Crippen LogP contribution in [0.15, 0.2) is 17.7 Å². The Morgan fingerprint density at radius 2 is 2.31 bits per heavy atom. The maximum absolute atomic E-state index is 4.35. The number of aryl methyl sites for hydroxylation is 2. The average molecular weight is 221 g/mol. The quantitative estimate of drug-likeness (QED) is 0.589. The molecule has 1 heterocycles. The van der Waals surface area contributed by atoms with E-state index in [0.29, 0.717) is 0 Å². The molecule has 1 N–H and O–H groups in total. The Hall–Kier alpha value is -1.09. The van der Waals surface area contributed by atoms with Gasteiger partial charge in [-0.25, -0.2) is 0 Å². The fraction of sp³-hybridized carbons (Fsp3) is 0.615. The monoisotopic (exact) mass is 221 g/mol. The minimum Gasteiger partial charge on any atom is -0.317 e. The SMILES string of the molecule is CCNCCC=C(C)Cc1cc(C)nn1C. The number of rotatable bonds is 6. The van der Waals surface area contributed by atoms with Gasteiger partial charge >= 0.3 is 0 Å². The van der Waals surface area contributed by atoms with Crippen molar-refractivity contribution in [1.29, 1.82) is 0 Å². The standard InChI is InChI=1S/C13H23N3/c1-5-14-8-6-7-11(2)9-13-10-12(3)15-16(13)4/h7,10,14H,5-6,8-9H2,1-4H3. The van der Waals surface area contributed by atoms with Crippen molar-refractivity contribution < 1.29 is 0 Å². The molecule has 0 aliphatic carbocycles. The zero-order valence-electron chi connectivity index (χ0n) is 10.9. The molecule has 16 heavy (non-hydrogen) atoms. The van der Waals surface area contributed by atoms with E-state index in [4.69, 9.17) is 0 Å². The summed E-state index contributed by atoms with van der Waals surface area (Å²) >= 11 is 0. The maximum atomic E-state index is 4.35. The van der Waals surface area contributed by atoms with Gasteiger partial charge in [-0.3, -0.25) is 4.68 Å². The van der Waals surface area contributed by atoms with Gasteiger partial charge in [0.05, 0.1) is 5.69 Å². The molecule has 0 amide bonds. The van der Waals surface area contributed by atoms with Crippen molar-refractivity contribution in [1.82, 2.24) is 15.1 Å². The zero-order chi connectivity index (χ0) is 12.0. The molecule has 0 radical (unpaired) electrons. The van der Waals surface area contributed by atoms with Crippen molar-refractivity contribution in [3.63, 3.8) is 0 Å². The molecule has 1 aromatic heterocycles. The minimum atomic E-state index is 1.00. The molecule has 1 rings (SSSR count). The van der Waals surface area contributed by atoms with Crippen molar-refractivity contribution in [3.05, 3.63) is 29.1 Å². The summed E-state index contributed by atoms with van der Waals surface area (Å²) < 4.78 is 1.97. The Kier molecular flexibility index (Phi) is 5.26. The third kappa shape index (κ3) is 4.19. The highest BCUT2D eigenvalue weighted by Crippen LogP contribution is 2.09. The van der Waals surface area contributed by atoms with E-state index < -0.39 is 0 Å². The van der Waals surface area contributed by atoms with Crippen LogP contribution in [0.25, 0.3) is 0 Å². The van der Waals surface area contributed by atoms with E-state index in [1.807, 2.05) is 18.7 Å². The first-order chi connectivity index (χ1) is 7.63. The summed E-state index contributed by atoms with van der Waals surface area (Å²) in [6, 6.07) is 2.15. The van der Waals surface area contributed by atoms with E-state index in [9.17, 15) is 0 Å². The normalized spacial score (nSPS) is 12.1. The molecule has 0 aliphatic heterocycles. The highest BCUT2D eigenvalue weighted by molar-refractivity contribution is 5.16. The van der Waals surface area contributed by atoms with Gasteiger partial charge in [-0.15, -0.1) is 0 Å². The largest absolute Gasteiger partial charge is 0.317 e. The van der Waals surface area contributed by atoms with Gasteiger partial charge in [0.25, 0.3) is 0 Å². The van der Waals surface area contributed by atoms with E-state index in [-0.39, 0.29) is 0 Å². The number of aromatic nitrogens is 2. The molecule has 3 nitrogen and oxygen atoms in total. The third-order valence-electron chi connectivity index (χ3n) is 2.62. The van der Waals surface area contributed by atoms with E-state index in [1.165, 1.54) is 11.3 Å². The van der Waals surface area contributed by atoms with Crippen LogP contribution in [-0.4, -0.2) is 22.9 Å². The lowest BCUT2D eigenvalue weighted by Gasteiger charge is -2.03. The van der Waals surface area contributed by atoms with Crippen LogP contribution >= 0.6 is 0 Å². The van der Waals surface area contributed by atoms with Crippen LogP contribution in [0.3, 0.4) is 0 Å². The molecular weight excluding hydrogens is 198 g/mol. The van der Waals surface area contributed by atoms with Crippen LogP contribution < -0.4 is 5.32 Å². The van der Waals surface area contributed by atoms with Gasteiger partial charge in [0, 0.05) is 19.2 Å². The van der Waals surface area contributed by atoms with E-state index >= 15 is 0 Å². The molecule has 0 aliphatic rings. The van der Waals surface area contributed by atoms with Gasteiger partial charge < -0.3 is 5.32 Å². The molecule has 0 unspecified atom stereocenters. The number of hydrogen-bond acceptors (Lipinski definition) is 2. The molecule has 3 heteroatoms. The minimum absolute atomic E-state index is 1.00. The Labute approximate surface area is 98.5 Å². The lowest BCUT2D eigenvalue weighted by molar-refractivity contribution is 0.709. The fourth-order valence-corrected chi connectivity index (χ4v) is 1.78. The maximum Gasteiger partial charge on any atom is 0.0596 e. The smallest absolute Gasteiger partial charge is 0.0596 e. The molecule has 90 valence electrons. The first kappa shape index (κ1) is 13.0. The first-order valence-corrected chi connectivity index (χ1v) is 5.99. The summed E-state index contributed by atoms with van der Waals surface area (Å²) in [5, 5.41) is 7.67. The van der Waals surface area contributed by atoms with Gasteiger partial charge in [0.15, 0.2) is 0 Å². The van der Waals surface area contributed by atoms with Gasteiger partial charge in [-0.1, -0.05) is 18.6 Å². The van der Waals surface area contributed by atoms with Gasteiger partial charge in [0.1, 0.15) is 0 Å². The predicted octanol–water partition coefficient (Wildman–Crippen LogP) is 2.22. The molecule has 0 saturated carbocycles. The first-order valence-electron chi connectivity index (χ1n) is 5.99. The molecule has 1 aromatic rings. The summed E-state index contributed by atoms with van der Waals surface area (Å²) in [4.78, 5) is 0.